The van der Waals surface area contributed by atoms with Crippen molar-refractivity contribution in [2.45, 2.75) is 45.5 Å². The van der Waals surface area contributed by atoms with E-state index in [-0.39, 0.29) is 0 Å². The summed E-state index contributed by atoms with van der Waals surface area (Å²) in [7, 11) is -3.89. The molecule has 0 aromatic heterocycles. The fourth-order valence-corrected chi connectivity index (χ4v) is 6.71. The lowest BCUT2D eigenvalue weighted by molar-refractivity contribution is 0.241. The van der Waals surface area contributed by atoms with Crippen molar-refractivity contribution in [3.05, 3.63) is 0 Å². The molecule has 0 aliphatic rings. The van der Waals surface area contributed by atoms with E-state index in [1.807, 2.05) is 0 Å². The molecule has 7 heteroatoms. The van der Waals surface area contributed by atoms with Crippen LogP contribution in [0.1, 0.15) is 19.8 Å². The van der Waals surface area contributed by atoms with E-state index in [1.165, 1.54) is 0 Å². The molecular formula is C9H23NO3Si3. The first-order chi connectivity index (χ1) is 7.54. The Bertz CT molecular complexity index is 223. The second-order valence-corrected chi connectivity index (χ2v) is 12.0. The fraction of sp³-hybridized carbons (Fsp3) is 0.889. The highest BCUT2D eigenvalue weighted by molar-refractivity contribution is 6.71. The van der Waals surface area contributed by atoms with Crippen LogP contribution in [0.25, 0.3) is 0 Å². The molecule has 0 saturated heterocycles. The Labute approximate surface area is 104 Å². The predicted molar refractivity (Wildman–Crippen MR) is 72.5 cm³/mol. The Hall–Kier alpha value is 0.0206. The third-order valence-corrected chi connectivity index (χ3v) is 10.4. The molecule has 0 rings (SSSR count). The Balaban J connectivity index is 3.96. The van der Waals surface area contributed by atoms with Crippen LogP contribution in [0.3, 0.4) is 0 Å². The van der Waals surface area contributed by atoms with Crippen LogP contribution < -0.4 is 0 Å². The number of nitriles is 1. The van der Waals surface area contributed by atoms with Crippen LogP contribution in [0, 0.1) is 11.3 Å². The maximum Gasteiger partial charge on any atom is 0.325 e. The molecule has 0 aromatic carbocycles. The summed E-state index contributed by atoms with van der Waals surface area (Å²) in [4.78, 5) is 0. The summed E-state index contributed by atoms with van der Waals surface area (Å²) in [6.07, 6.45) is 1.50. The van der Waals surface area contributed by atoms with Crippen LogP contribution in [-0.2, 0) is 12.7 Å². The minimum absolute atomic E-state index is 0.441. The first kappa shape index (κ1) is 16.0. The van der Waals surface area contributed by atoms with Gasteiger partial charge in [0.25, 0.3) is 10.0 Å². The van der Waals surface area contributed by atoms with Gasteiger partial charge >= 0.3 is 8.56 Å². The number of rotatable bonds is 9. The van der Waals surface area contributed by atoms with Crippen molar-refractivity contribution in [1.29, 1.82) is 5.26 Å². The van der Waals surface area contributed by atoms with E-state index < -0.39 is 27.6 Å². The molecule has 0 saturated carbocycles. The summed E-state index contributed by atoms with van der Waals surface area (Å²) < 4.78 is 17.3. The molecule has 16 heavy (non-hydrogen) atoms. The van der Waals surface area contributed by atoms with Crippen LogP contribution in [0.4, 0.5) is 0 Å². The van der Waals surface area contributed by atoms with Crippen LogP contribution in [0.2, 0.25) is 25.7 Å². The monoisotopic (exact) mass is 277 g/mol. The van der Waals surface area contributed by atoms with Crippen molar-refractivity contribution >= 4 is 27.6 Å². The molecule has 0 aliphatic carbocycles. The van der Waals surface area contributed by atoms with Crippen LogP contribution in [0.5, 0.6) is 0 Å². The molecule has 0 fully saturated rings. The van der Waals surface area contributed by atoms with Crippen molar-refractivity contribution in [2.24, 2.45) is 0 Å². The third-order valence-electron chi connectivity index (χ3n) is 2.09. The Morgan fingerprint density at radius 1 is 1.44 bits per heavy atom. The van der Waals surface area contributed by atoms with E-state index in [1.54, 1.807) is 0 Å². The Kier molecular flexibility index (Phi) is 9.10. The quantitative estimate of drug-likeness (QED) is 0.472. The first-order valence-electron chi connectivity index (χ1n) is 5.80. The van der Waals surface area contributed by atoms with Gasteiger partial charge in [-0.05, 0) is 25.7 Å². The van der Waals surface area contributed by atoms with Crippen molar-refractivity contribution in [2.75, 3.05) is 6.61 Å². The summed E-state index contributed by atoms with van der Waals surface area (Å²) in [5.41, 5.74) is 0. The van der Waals surface area contributed by atoms with Gasteiger partial charge in [-0.25, -0.2) is 0 Å². The largest absolute Gasteiger partial charge is 0.444 e. The van der Waals surface area contributed by atoms with Gasteiger partial charge in [0.15, 0.2) is 9.04 Å². The van der Waals surface area contributed by atoms with Crippen molar-refractivity contribution in [3.8, 4) is 6.07 Å². The molecule has 0 radical (unpaired) electrons. The third kappa shape index (κ3) is 8.21. The zero-order chi connectivity index (χ0) is 12.4. The second-order valence-electron chi connectivity index (χ2n) is 4.12. The zero-order valence-electron chi connectivity index (χ0n) is 10.8. The fourth-order valence-electron chi connectivity index (χ4n) is 1.25. The average Bonchev–Trinajstić information content (AvgIpc) is 2.18. The summed E-state index contributed by atoms with van der Waals surface area (Å²) in [6, 6.07) is 3.07. The maximum atomic E-state index is 8.48. The molecule has 4 nitrogen and oxygen atoms in total. The lowest BCUT2D eigenvalue weighted by Gasteiger charge is -2.27. The number of hydrogen-bond acceptors (Lipinski definition) is 4. The molecule has 0 aromatic rings. The lowest BCUT2D eigenvalue weighted by Crippen LogP contribution is -2.41. The maximum absolute atomic E-state index is 8.48. The van der Waals surface area contributed by atoms with Gasteiger partial charge in [0.1, 0.15) is 0 Å². The molecule has 0 heterocycles. The molecule has 94 valence electrons. The standard InChI is InChI=1S/C9H23NO3Si3/c1-5-9-16(4,11-8-6-7-10)13-14-12-15(2)3/h15H,5-6,8-9,14H2,1-4H3. The van der Waals surface area contributed by atoms with Gasteiger partial charge in [-0.2, -0.15) is 5.26 Å². The summed E-state index contributed by atoms with van der Waals surface area (Å²) in [5.74, 6) is 0. The molecule has 0 spiro atoms. The minimum atomic E-state index is -2.05. The zero-order valence-corrected chi connectivity index (χ0v) is 14.4. The van der Waals surface area contributed by atoms with Crippen molar-refractivity contribution < 1.29 is 12.7 Å². The lowest BCUT2D eigenvalue weighted by atomic mass is 10.5. The highest BCUT2D eigenvalue weighted by atomic mass is 28.4. The summed E-state index contributed by atoms with van der Waals surface area (Å²) in [6.45, 7) is 8.98. The molecule has 0 aliphatic heterocycles. The Morgan fingerprint density at radius 3 is 2.62 bits per heavy atom. The smallest absolute Gasteiger partial charge is 0.325 e. The van der Waals surface area contributed by atoms with Crippen molar-refractivity contribution in [1.82, 2.24) is 0 Å². The number of nitrogens with zero attached hydrogens (tertiary/aromatic N) is 1. The molecule has 1 atom stereocenters. The van der Waals surface area contributed by atoms with Crippen LogP contribution in [0.15, 0.2) is 0 Å². The second kappa shape index (κ2) is 9.09. The SMILES string of the molecule is CCC[Si](C)(OCCC#N)O[SiH2]O[SiH](C)C. The topological polar surface area (TPSA) is 51.5 Å². The minimum Gasteiger partial charge on any atom is -0.444 e. The van der Waals surface area contributed by atoms with Crippen molar-refractivity contribution in [3.63, 3.8) is 0 Å². The molecule has 0 amide bonds. The molecule has 0 N–H and O–H groups in total. The predicted octanol–water partition coefficient (Wildman–Crippen LogP) is 1.41. The Morgan fingerprint density at radius 2 is 2.12 bits per heavy atom. The summed E-state index contributed by atoms with van der Waals surface area (Å²) >= 11 is 0. The molecule has 1 unspecified atom stereocenters. The first-order valence-corrected chi connectivity index (χ1v) is 12.3. The van der Waals surface area contributed by atoms with E-state index in [0.717, 1.165) is 12.5 Å². The highest BCUT2D eigenvalue weighted by Gasteiger charge is 2.30. The van der Waals surface area contributed by atoms with E-state index in [4.69, 9.17) is 17.9 Å². The van der Waals surface area contributed by atoms with E-state index >= 15 is 0 Å². The number of hydrogen-bond donors (Lipinski definition) is 0. The van der Waals surface area contributed by atoms with Gasteiger partial charge in [-0.3, -0.25) is 0 Å². The van der Waals surface area contributed by atoms with Gasteiger partial charge in [0.2, 0.25) is 0 Å². The molecule has 0 bridgehead atoms. The van der Waals surface area contributed by atoms with Gasteiger partial charge in [-0.1, -0.05) is 13.3 Å². The van der Waals surface area contributed by atoms with Crippen LogP contribution in [-0.4, -0.2) is 34.2 Å². The normalized spacial score (nSPS) is 15.5. The van der Waals surface area contributed by atoms with E-state index in [2.05, 4.69) is 32.6 Å². The van der Waals surface area contributed by atoms with E-state index in [0.29, 0.717) is 13.0 Å². The van der Waals surface area contributed by atoms with Crippen LogP contribution >= 0.6 is 0 Å². The summed E-state index contributed by atoms with van der Waals surface area (Å²) in [5, 5.41) is 8.48. The average molecular weight is 278 g/mol. The van der Waals surface area contributed by atoms with Gasteiger partial charge in [-0.15, -0.1) is 0 Å². The van der Waals surface area contributed by atoms with Gasteiger partial charge < -0.3 is 12.7 Å². The van der Waals surface area contributed by atoms with E-state index in [9.17, 15) is 0 Å². The molecular weight excluding hydrogens is 254 g/mol. The van der Waals surface area contributed by atoms with Gasteiger partial charge in [0.05, 0.1) is 12.5 Å². The highest BCUT2D eigenvalue weighted by Crippen LogP contribution is 2.15. The van der Waals surface area contributed by atoms with Gasteiger partial charge in [0, 0.05) is 6.61 Å².